The molecule has 3 nitrogen and oxygen atoms in total. The molecule has 18 heavy (non-hydrogen) atoms. The van der Waals surface area contributed by atoms with Gasteiger partial charge in [-0.05, 0) is 50.5 Å². The Balaban J connectivity index is 2.19. The molecule has 0 bridgehead atoms. The van der Waals surface area contributed by atoms with Crippen molar-refractivity contribution in [3.05, 3.63) is 52.7 Å². The van der Waals surface area contributed by atoms with Crippen molar-refractivity contribution in [3.63, 3.8) is 0 Å². The maximum Gasteiger partial charge on any atom is 0.149 e. The Morgan fingerprint density at radius 2 is 1.72 bits per heavy atom. The predicted molar refractivity (Wildman–Crippen MR) is 74.7 cm³/mol. The Kier molecular flexibility index (Phi) is 3.60. The van der Waals surface area contributed by atoms with Crippen LogP contribution in [0.15, 0.2) is 30.3 Å². The van der Waals surface area contributed by atoms with E-state index in [4.69, 9.17) is 0 Å². The van der Waals surface area contributed by atoms with E-state index in [0.717, 1.165) is 17.1 Å². The number of anilines is 1. The second kappa shape index (κ2) is 5.17. The predicted octanol–water partition coefficient (Wildman–Crippen LogP) is 3.57. The Bertz CT molecular complexity index is 549. The summed E-state index contributed by atoms with van der Waals surface area (Å²) in [6.07, 6.45) is 0. The topological polar surface area (TPSA) is 37.8 Å². The molecule has 0 aliphatic carbocycles. The van der Waals surface area contributed by atoms with Crippen molar-refractivity contribution < 1.29 is 0 Å². The van der Waals surface area contributed by atoms with Gasteiger partial charge in [0.25, 0.3) is 0 Å². The Morgan fingerprint density at radius 1 is 1.00 bits per heavy atom. The lowest BCUT2D eigenvalue weighted by molar-refractivity contribution is 0.845. The molecule has 1 heterocycles. The van der Waals surface area contributed by atoms with E-state index in [2.05, 4.69) is 53.6 Å². The SMILES string of the molecule is Cc1ccccc1C(C)Nc1cc(C)c(C)nn1. The largest absolute Gasteiger partial charge is 0.362 e. The summed E-state index contributed by atoms with van der Waals surface area (Å²) < 4.78 is 0. The first-order valence-corrected chi connectivity index (χ1v) is 6.21. The zero-order chi connectivity index (χ0) is 13.1. The van der Waals surface area contributed by atoms with Gasteiger partial charge in [-0.3, -0.25) is 0 Å². The molecular weight excluding hydrogens is 222 g/mol. The Labute approximate surface area is 108 Å². The Hall–Kier alpha value is -1.90. The summed E-state index contributed by atoms with van der Waals surface area (Å²) in [5.74, 6) is 0.828. The van der Waals surface area contributed by atoms with Crippen LogP contribution in [0.5, 0.6) is 0 Å². The summed E-state index contributed by atoms with van der Waals surface area (Å²) in [7, 11) is 0. The number of nitrogens with one attached hydrogen (secondary N) is 1. The van der Waals surface area contributed by atoms with Crippen LogP contribution >= 0.6 is 0 Å². The number of benzene rings is 1. The third kappa shape index (κ3) is 2.67. The first-order chi connectivity index (χ1) is 8.58. The van der Waals surface area contributed by atoms with Crippen molar-refractivity contribution in [1.29, 1.82) is 0 Å². The third-order valence-corrected chi connectivity index (χ3v) is 3.25. The molecule has 1 aromatic heterocycles. The molecule has 1 unspecified atom stereocenters. The van der Waals surface area contributed by atoms with Crippen molar-refractivity contribution in [2.24, 2.45) is 0 Å². The second-order valence-corrected chi connectivity index (χ2v) is 4.72. The quantitative estimate of drug-likeness (QED) is 0.892. The molecule has 0 spiro atoms. The van der Waals surface area contributed by atoms with Crippen molar-refractivity contribution in [2.45, 2.75) is 33.7 Å². The fourth-order valence-corrected chi connectivity index (χ4v) is 1.99. The van der Waals surface area contributed by atoms with Crippen LogP contribution in [0.25, 0.3) is 0 Å². The second-order valence-electron chi connectivity index (χ2n) is 4.72. The summed E-state index contributed by atoms with van der Waals surface area (Å²) in [6.45, 7) is 8.28. The normalized spacial score (nSPS) is 12.2. The highest BCUT2D eigenvalue weighted by atomic mass is 15.2. The first-order valence-electron chi connectivity index (χ1n) is 6.21. The van der Waals surface area contributed by atoms with E-state index in [9.17, 15) is 0 Å². The highest BCUT2D eigenvalue weighted by molar-refractivity contribution is 5.41. The molecule has 1 aromatic carbocycles. The molecule has 3 heteroatoms. The molecule has 0 saturated heterocycles. The van der Waals surface area contributed by atoms with Gasteiger partial charge in [0.2, 0.25) is 0 Å². The van der Waals surface area contributed by atoms with Crippen LogP contribution in [-0.2, 0) is 0 Å². The molecule has 1 atom stereocenters. The molecule has 0 radical (unpaired) electrons. The summed E-state index contributed by atoms with van der Waals surface area (Å²) in [5.41, 5.74) is 4.71. The molecule has 0 aliphatic rings. The van der Waals surface area contributed by atoms with Gasteiger partial charge < -0.3 is 5.32 Å². The van der Waals surface area contributed by atoms with Crippen LogP contribution < -0.4 is 5.32 Å². The fourth-order valence-electron chi connectivity index (χ4n) is 1.99. The monoisotopic (exact) mass is 241 g/mol. The van der Waals surface area contributed by atoms with E-state index in [1.54, 1.807) is 0 Å². The summed E-state index contributed by atoms with van der Waals surface area (Å²) in [4.78, 5) is 0. The van der Waals surface area contributed by atoms with Crippen LogP contribution in [0.2, 0.25) is 0 Å². The van der Waals surface area contributed by atoms with Gasteiger partial charge in [-0.25, -0.2) is 0 Å². The maximum atomic E-state index is 4.17. The third-order valence-electron chi connectivity index (χ3n) is 3.25. The summed E-state index contributed by atoms with van der Waals surface area (Å²) in [6, 6.07) is 10.6. The van der Waals surface area contributed by atoms with Crippen LogP contribution in [0.1, 0.15) is 35.3 Å². The van der Waals surface area contributed by atoms with E-state index in [-0.39, 0.29) is 6.04 Å². The van der Waals surface area contributed by atoms with E-state index in [1.807, 2.05) is 19.9 Å². The van der Waals surface area contributed by atoms with Crippen LogP contribution in [0.3, 0.4) is 0 Å². The smallest absolute Gasteiger partial charge is 0.149 e. The van der Waals surface area contributed by atoms with E-state index in [1.165, 1.54) is 11.1 Å². The summed E-state index contributed by atoms with van der Waals surface area (Å²) >= 11 is 0. The molecule has 0 fully saturated rings. The van der Waals surface area contributed by atoms with Gasteiger partial charge in [0, 0.05) is 0 Å². The van der Waals surface area contributed by atoms with Crippen molar-refractivity contribution >= 4 is 5.82 Å². The van der Waals surface area contributed by atoms with Gasteiger partial charge in [-0.15, -0.1) is 5.10 Å². The number of hydrogen-bond acceptors (Lipinski definition) is 3. The molecule has 2 rings (SSSR count). The van der Waals surface area contributed by atoms with Crippen LogP contribution in [0, 0.1) is 20.8 Å². The molecule has 0 amide bonds. The molecule has 94 valence electrons. The molecular formula is C15H19N3. The zero-order valence-electron chi connectivity index (χ0n) is 11.4. The van der Waals surface area contributed by atoms with E-state index >= 15 is 0 Å². The van der Waals surface area contributed by atoms with Gasteiger partial charge in [0.15, 0.2) is 0 Å². The van der Waals surface area contributed by atoms with Gasteiger partial charge >= 0.3 is 0 Å². The van der Waals surface area contributed by atoms with Gasteiger partial charge in [-0.2, -0.15) is 5.10 Å². The minimum atomic E-state index is 0.225. The number of aromatic nitrogens is 2. The van der Waals surface area contributed by atoms with Crippen molar-refractivity contribution in [2.75, 3.05) is 5.32 Å². The average Bonchev–Trinajstić information content (AvgIpc) is 2.34. The highest BCUT2D eigenvalue weighted by Gasteiger charge is 2.09. The van der Waals surface area contributed by atoms with Gasteiger partial charge in [-0.1, -0.05) is 24.3 Å². The number of hydrogen-bond donors (Lipinski definition) is 1. The molecule has 1 N–H and O–H groups in total. The molecule has 0 saturated carbocycles. The lowest BCUT2D eigenvalue weighted by Gasteiger charge is -2.17. The van der Waals surface area contributed by atoms with Gasteiger partial charge in [0.05, 0.1) is 11.7 Å². The standard InChI is InChI=1S/C15H19N3/c1-10-7-5-6-8-14(10)13(4)16-15-9-11(2)12(3)17-18-15/h5-9,13H,1-4H3,(H,16,18). The average molecular weight is 241 g/mol. The van der Waals surface area contributed by atoms with E-state index in [0.29, 0.717) is 0 Å². The highest BCUT2D eigenvalue weighted by Crippen LogP contribution is 2.21. The zero-order valence-corrected chi connectivity index (χ0v) is 11.4. The Morgan fingerprint density at radius 3 is 2.39 bits per heavy atom. The first kappa shape index (κ1) is 12.6. The number of nitrogens with zero attached hydrogens (tertiary/aromatic N) is 2. The van der Waals surface area contributed by atoms with Crippen molar-refractivity contribution in [3.8, 4) is 0 Å². The summed E-state index contributed by atoms with van der Waals surface area (Å²) in [5, 5.41) is 11.7. The maximum absolute atomic E-state index is 4.17. The number of rotatable bonds is 3. The minimum Gasteiger partial charge on any atom is -0.362 e. The van der Waals surface area contributed by atoms with Crippen LogP contribution in [0.4, 0.5) is 5.82 Å². The minimum absolute atomic E-state index is 0.225. The molecule has 2 aromatic rings. The van der Waals surface area contributed by atoms with Crippen molar-refractivity contribution in [1.82, 2.24) is 10.2 Å². The van der Waals surface area contributed by atoms with Gasteiger partial charge in [0.1, 0.15) is 5.82 Å². The molecule has 0 aliphatic heterocycles. The van der Waals surface area contributed by atoms with E-state index < -0.39 is 0 Å². The number of aryl methyl sites for hydroxylation is 3. The van der Waals surface area contributed by atoms with Crippen LogP contribution in [-0.4, -0.2) is 10.2 Å². The lowest BCUT2D eigenvalue weighted by atomic mass is 10.0. The fraction of sp³-hybridized carbons (Fsp3) is 0.333. The lowest BCUT2D eigenvalue weighted by Crippen LogP contribution is -2.10.